The third-order valence-electron chi connectivity index (χ3n) is 1.63. The van der Waals surface area contributed by atoms with Gasteiger partial charge in [-0.25, -0.2) is 8.42 Å². The Morgan fingerprint density at radius 1 is 1.31 bits per heavy atom. The van der Waals surface area contributed by atoms with Gasteiger partial charge in [0.25, 0.3) is 0 Å². The first kappa shape index (κ1) is 15.8. The maximum Gasteiger partial charge on any atom is 1.00 e. The summed E-state index contributed by atoms with van der Waals surface area (Å²) < 4.78 is 31.8. The number of nitrogens with one attached hydrogen (secondary N) is 2. The molecule has 2 N–H and O–H groups in total. The average Bonchev–Trinajstić information content (AvgIpc) is 2.17. The third-order valence-corrected chi connectivity index (χ3v) is 2.78. The second-order valence-electron chi connectivity index (χ2n) is 2.68. The van der Waals surface area contributed by atoms with Crippen molar-refractivity contribution in [1.82, 2.24) is 5.32 Å². The van der Waals surface area contributed by atoms with Crippen molar-refractivity contribution in [1.29, 1.82) is 0 Å². The second-order valence-corrected chi connectivity index (χ2v) is 4.47. The van der Waals surface area contributed by atoms with Gasteiger partial charge in [-0.1, -0.05) is 0 Å². The van der Waals surface area contributed by atoms with Crippen LogP contribution in [0.5, 0.6) is 0 Å². The minimum Gasteiger partial charge on any atom is -0.744 e. The minimum absolute atomic E-state index is 0. The quantitative estimate of drug-likeness (QED) is 0.351. The molecule has 0 aliphatic heterocycles. The van der Waals surface area contributed by atoms with Crippen molar-refractivity contribution in [3.63, 3.8) is 0 Å². The molecular weight excluding hydrogens is 259 g/mol. The van der Waals surface area contributed by atoms with Crippen LogP contribution in [-0.2, 0) is 10.1 Å². The molecule has 0 atom stereocenters. The Kier molecular flexibility index (Phi) is 6.46. The van der Waals surface area contributed by atoms with Gasteiger partial charge in [0.15, 0.2) is 5.11 Å². The fraction of sp³-hybridized carbons (Fsp3) is 0.125. The van der Waals surface area contributed by atoms with Gasteiger partial charge in [-0.05, 0) is 36.5 Å². The van der Waals surface area contributed by atoms with Crippen LogP contribution in [0, 0.1) is 0 Å². The normalized spacial score (nSPS) is 10.1. The number of hydrogen-bond acceptors (Lipinski definition) is 4. The van der Waals surface area contributed by atoms with E-state index in [2.05, 4.69) is 10.6 Å². The third kappa shape index (κ3) is 4.77. The van der Waals surface area contributed by atoms with E-state index in [1.807, 2.05) is 0 Å². The molecule has 1 rings (SSSR count). The Balaban J connectivity index is 0.00000225. The van der Waals surface area contributed by atoms with Crippen LogP contribution in [0.2, 0.25) is 0 Å². The van der Waals surface area contributed by atoms with Crippen LogP contribution in [0.15, 0.2) is 29.2 Å². The first-order chi connectivity index (χ1) is 6.93. The van der Waals surface area contributed by atoms with Gasteiger partial charge in [0.05, 0.1) is 4.90 Å². The number of hydrogen-bond donors (Lipinski definition) is 2. The monoisotopic (exact) mass is 268 g/mol. The van der Waals surface area contributed by atoms with Crippen molar-refractivity contribution >= 4 is 33.1 Å². The summed E-state index contributed by atoms with van der Waals surface area (Å²) >= 11 is 4.84. The van der Waals surface area contributed by atoms with Crippen LogP contribution in [0.3, 0.4) is 0 Å². The molecule has 0 spiro atoms. The minimum atomic E-state index is -4.38. The van der Waals surface area contributed by atoms with Crippen LogP contribution in [0.4, 0.5) is 5.69 Å². The maximum absolute atomic E-state index is 10.6. The number of anilines is 1. The van der Waals surface area contributed by atoms with Crippen molar-refractivity contribution in [3.05, 3.63) is 24.3 Å². The van der Waals surface area contributed by atoms with Crippen molar-refractivity contribution in [3.8, 4) is 0 Å². The molecule has 0 saturated heterocycles. The molecule has 16 heavy (non-hydrogen) atoms. The van der Waals surface area contributed by atoms with E-state index < -0.39 is 10.1 Å². The summed E-state index contributed by atoms with van der Waals surface area (Å²) in [5.41, 5.74) is 0.613. The molecule has 1 aromatic carbocycles. The number of benzene rings is 1. The molecule has 0 radical (unpaired) electrons. The van der Waals surface area contributed by atoms with Gasteiger partial charge >= 0.3 is 29.6 Å². The summed E-state index contributed by atoms with van der Waals surface area (Å²) in [4.78, 5) is -0.261. The van der Waals surface area contributed by atoms with E-state index in [0.29, 0.717) is 10.8 Å². The smallest absolute Gasteiger partial charge is 0.744 e. The average molecular weight is 268 g/mol. The van der Waals surface area contributed by atoms with Gasteiger partial charge in [0, 0.05) is 12.7 Å². The molecule has 0 aliphatic rings. The van der Waals surface area contributed by atoms with Gasteiger partial charge in [-0.15, -0.1) is 0 Å². The van der Waals surface area contributed by atoms with Crippen LogP contribution in [-0.4, -0.2) is 25.1 Å². The van der Waals surface area contributed by atoms with Crippen molar-refractivity contribution in [2.45, 2.75) is 4.90 Å². The van der Waals surface area contributed by atoms with E-state index in [-0.39, 0.29) is 34.5 Å². The Morgan fingerprint density at radius 3 is 2.19 bits per heavy atom. The maximum atomic E-state index is 10.6. The van der Waals surface area contributed by atoms with Crippen LogP contribution < -0.4 is 40.2 Å². The van der Waals surface area contributed by atoms with Crippen LogP contribution >= 0.6 is 12.2 Å². The van der Waals surface area contributed by atoms with Crippen LogP contribution in [0.1, 0.15) is 0 Å². The van der Waals surface area contributed by atoms with Gasteiger partial charge in [0.2, 0.25) is 0 Å². The van der Waals surface area contributed by atoms with Gasteiger partial charge in [-0.3, -0.25) is 0 Å². The van der Waals surface area contributed by atoms with Crippen molar-refractivity contribution < 1.29 is 42.5 Å². The summed E-state index contributed by atoms with van der Waals surface area (Å²) in [7, 11) is -2.72. The van der Waals surface area contributed by atoms with E-state index in [1.54, 1.807) is 7.05 Å². The summed E-state index contributed by atoms with van der Waals surface area (Å²) in [6, 6.07) is 5.38. The molecule has 82 valence electrons. The van der Waals surface area contributed by atoms with E-state index in [4.69, 9.17) is 12.2 Å². The van der Waals surface area contributed by atoms with E-state index in [1.165, 1.54) is 24.3 Å². The fourth-order valence-corrected chi connectivity index (χ4v) is 1.49. The van der Waals surface area contributed by atoms with Gasteiger partial charge < -0.3 is 15.2 Å². The molecule has 0 bridgehead atoms. The molecular formula is C8H9N2NaO3S2. The topological polar surface area (TPSA) is 81.3 Å². The van der Waals surface area contributed by atoms with E-state index in [9.17, 15) is 13.0 Å². The Hall–Kier alpha value is -0.180. The fourth-order valence-electron chi connectivity index (χ4n) is 0.899. The van der Waals surface area contributed by atoms with Crippen molar-refractivity contribution in [2.24, 2.45) is 0 Å². The van der Waals surface area contributed by atoms with E-state index in [0.717, 1.165) is 0 Å². The summed E-state index contributed by atoms with van der Waals surface area (Å²) in [5.74, 6) is 0. The molecule has 0 saturated carbocycles. The summed E-state index contributed by atoms with van der Waals surface area (Å²) in [6.45, 7) is 0. The summed E-state index contributed by atoms with van der Waals surface area (Å²) in [5, 5.41) is 5.90. The van der Waals surface area contributed by atoms with Gasteiger partial charge in [0.1, 0.15) is 10.1 Å². The Morgan fingerprint density at radius 2 is 1.81 bits per heavy atom. The molecule has 8 heteroatoms. The molecule has 0 aromatic heterocycles. The summed E-state index contributed by atoms with van der Waals surface area (Å²) in [6.07, 6.45) is 0. The van der Waals surface area contributed by atoms with Crippen molar-refractivity contribution in [2.75, 3.05) is 12.4 Å². The molecule has 0 amide bonds. The SMILES string of the molecule is CNC(=S)Nc1ccc(S(=O)(=O)[O-])cc1.[Na+]. The second kappa shape index (κ2) is 6.53. The zero-order valence-electron chi connectivity index (χ0n) is 8.85. The molecule has 0 fully saturated rings. The number of rotatable bonds is 2. The molecule has 0 aliphatic carbocycles. The zero-order chi connectivity index (χ0) is 11.5. The Labute approximate surface area is 122 Å². The largest absolute Gasteiger partial charge is 1.00 e. The Bertz CT molecular complexity index is 459. The predicted molar refractivity (Wildman–Crippen MR) is 59.7 cm³/mol. The zero-order valence-corrected chi connectivity index (χ0v) is 12.5. The van der Waals surface area contributed by atoms with Crippen LogP contribution in [0.25, 0.3) is 0 Å². The predicted octanol–water partition coefficient (Wildman–Crippen LogP) is -2.49. The van der Waals surface area contributed by atoms with Gasteiger partial charge in [-0.2, -0.15) is 0 Å². The molecule has 0 heterocycles. The molecule has 0 unspecified atom stereocenters. The number of thiocarbonyl (C=S) groups is 1. The van der Waals surface area contributed by atoms with E-state index >= 15 is 0 Å². The first-order valence-electron chi connectivity index (χ1n) is 3.98. The standard InChI is InChI=1S/C8H10N2O3S2.Na/c1-9-8(14)10-6-2-4-7(5-3-6)15(11,12)13;/h2-5H,1H3,(H2,9,10,14)(H,11,12,13);/q;+1/p-1. The first-order valence-corrected chi connectivity index (χ1v) is 5.80. The molecule has 1 aromatic rings. The molecule has 5 nitrogen and oxygen atoms in total.